The molecule has 0 spiro atoms. The maximum absolute atomic E-state index is 12.3. The number of hydrogen-bond donors (Lipinski definition) is 2. The molecule has 0 radical (unpaired) electrons. The fourth-order valence-electron chi connectivity index (χ4n) is 2.27. The van der Waals surface area contributed by atoms with Crippen LogP contribution in [0.1, 0.15) is 35.3 Å². The summed E-state index contributed by atoms with van der Waals surface area (Å²) in [6.45, 7) is 5.40. The number of nitrogens with zero attached hydrogens (tertiary/aromatic N) is 1. The normalized spacial score (nSPS) is 10.2. The number of aryl methyl sites for hydroxylation is 1. The third-order valence-corrected chi connectivity index (χ3v) is 3.37. The average Bonchev–Trinajstić information content (AvgIpc) is 2.53. The summed E-state index contributed by atoms with van der Waals surface area (Å²) in [7, 11) is 0. The van der Waals surface area contributed by atoms with Gasteiger partial charge < -0.3 is 10.6 Å². The molecule has 1 aromatic heterocycles. The number of pyridine rings is 1. The van der Waals surface area contributed by atoms with Crippen molar-refractivity contribution >= 4 is 11.6 Å². The fraction of sp³-hybridized carbons (Fsp3) is 0.294. The standard InChI is InChI=1S/C17H21N3O/c1-3-13-7-5-6-8-14(13)11-20-17(21)15-9-10-18-12-16(15)19-4-2/h5-10,12,19H,3-4,11H2,1-2H3,(H,20,21). The zero-order valence-corrected chi connectivity index (χ0v) is 12.5. The van der Waals surface area contributed by atoms with Crippen molar-refractivity contribution in [2.45, 2.75) is 26.8 Å². The molecular formula is C17H21N3O. The van der Waals surface area contributed by atoms with Gasteiger partial charge in [0.25, 0.3) is 5.91 Å². The Kier molecular flexibility index (Phi) is 5.32. The number of carbonyl (C=O) groups is 1. The van der Waals surface area contributed by atoms with Gasteiger partial charge in [0, 0.05) is 19.3 Å². The summed E-state index contributed by atoms with van der Waals surface area (Å²) in [6, 6.07) is 9.90. The summed E-state index contributed by atoms with van der Waals surface area (Å²) in [5, 5.41) is 6.14. The Morgan fingerprint density at radius 1 is 1.14 bits per heavy atom. The van der Waals surface area contributed by atoms with Gasteiger partial charge in [0.1, 0.15) is 0 Å². The molecule has 0 aliphatic carbocycles. The number of nitrogens with one attached hydrogen (secondary N) is 2. The third kappa shape index (κ3) is 3.81. The van der Waals surface area contributed by atoms with Crippen LogP contribution in [0, 0.1) is 0 Å². The monoisotopic (exact) mass is 283 g/mol. The van der Waals surface area contributed by atoms with Gasteiger partial charge in [0.05, 0.1) is 17.4 Å². The lowest BCUT2D eigenvalue weighted by Gasteiger charge is -2.12. The van der Waals surface area contributed by atoms with Crippen LogP contribution < -0.4 is 10.6 Å². The van der Waals surface area contributed by atoms with Gasteiger partial charge in [0.15, 0.2) is 0 Å². The number of carbonyl (C=O) groups excluding carboxylic acids is 1. The van der Waals surface area contributed by atoms with Crippen molar-refractivity contribution in [2.75, 3.05) is 11.9 Å². The minimum Gasteiger partial charge on any atom is -0.383 e. The van der Waals surface area contributed by atoms with Gasteiger partial charge in [-0.3, -0.25) is 9.78 Å². The third-order valence-electron chi connectivity index (χ3n) is 3.37. The first kappa shape index (κ1) is 15.0. The topological polar surface area (TPSA) is 54.0 Å². The number of benzene rings is 1. The van der Waals surface area contributed by atoms with Gasteiger partial charge in [0.2, 0.25) is 0 Å². The van der Waals surface area contributed by atoms with E-state index in [2.05, 4.69) is 34.7 Å². The molecule has 110 valence electrons. The first-order valence-corrected chi connectivity index (χ1v) is 7.29. The van der Waals surface area contributed by atoms with Crippen molar-refractivity contribution in [3.05, 3.63) is 59.4 Å². The lowest BCUT2D eigenvalue weighted by Crippen LogP contribution is -2.24. The van der Waals surface area contributed by atoms with Gasteiger partial charge in [-0.2, -0.15) is 0 Å². The number of hydrogen-bond acceptors (Lipinski definition) is 3. The van der Waals surface area contributed by atoms with Crippen molar-refractivity contribution in [3.63, 3.8) is 0 Å². The molecule has 0 aliphatic rings. The highest BCUT2D eigenvalue weighted by molar-refractivity contribution is 5.99. The molecule has 4 heteroatoms. The Hall–Kier alpha value is -2.36. The van der Waals surface area contributed by atoms with Crippen molar-refractivity contribution < 1.29 is 4.79 Å². The highest BCUT2D eigenvalue weighted by Crippen LogP contribution is 2.14. The van der Waals surface area contributed by atoms with Crippen LogP contribution in [0.4, 0.5) is 5.69 Å². The summed E-state index contributed by atoms with van der Waals surface area (Å²) in [4.78, 5) is 16.4. The SMILES string of the molecule is CCNc1cnccc1C(=O)NCc1ccccc1CC. The van der Waals surface area contributed by atoms with Crippen LogP contribution in [0.2, 0.25) is 0 Å². The second-order valence-corrected chi connectivity index (χ2v) is 4.76. The van der Waals surface area contributed by atoms with E-state index >= 15 is 0 Å². The van der Waals surface area contributed by atoms with Crippen molar-refractivity contribution in [2.24, 2.45) is 0 Å². The highest BCUT2D eigenvalue weighted by Gasteiger charge is 2.11. The molecule has 0 saturated heterocycles. The summed E-state index contributed by atoms with van der Waals surface area (Å²) >= 11 is 0. The Balaban J connectivity index is 2.08. The van der Waals surface area contributed by atoms with Crippen LogP contribution in [0.25, 0.3) is 0 Å². The number of rotatable bonds is 6. The van der Waals surface area contributed by atoms with Gasteiger partial charge >= 0.3 is 0 Å². The Morgan fingerprint density at radius 3 is 2.62 bits per heavy atom. The summed E-state index contributed by atoms with van der Waals surface area (Å²) in [5.41, 5.74) is 3.81. The zero-order chi connectivity index (χ0) is 15.1. The van der Waals surface area contributed by atoms with E-state index in [-0.39, 0.29) is 5.91 Å². The largest absolute Gasteiger partial charge is 0.383 e. The molecule has 0 aliphatic heterocycles. The summed E-state index contributed by atoms with van der Waals surface area (Å²) < 4.78 is 0. The molecule has 2 N–H and O–H groups in total. The van der Waals surface area contributed by atoms with Crippen LogP contribution in [0.15, 0.2) is 42.7 Å². The summed E-state index contributed by atoms with van der Waals surface area (Å²) in [5.74, 6) is -0.0840. The second-order valence-electron chi connectivity index (χ2n) is 4.76. The van der Waals surface area contributed by atoms with E-state index in [9.17, 15) is 4.79 Å². The minimum absolute atomic E-state index is 0.0840. The number of aromatic nitrogens is 1. The Labute approximate surface area is 125 Å². The molecule has 2 aromatic rings. The molecule has 1 amide bonds. The van der Waals surface area contributed by atoms with E-state index in [1.165, 1.54) is 5.56 Å². The molecule has 0 unspecified atom stereocenters. The average molecular weight is 283 g/mol. The first-order chi connectivity index (χ1) is 10.3. The quantitative estimate of drug-likeness (QED) is 0.857. The van der Waals surface area contributed by atoms with Gasteiger partial charge in [-0.05, 0) is 30.5 Å². The van der Waals surface area contributed by atoms with E-state index in [1.807, 2.05) is 19.1 Å². The predicted molar refractivity (Wildman–Crippen MR) is 85.4 cm³/mol. The molecule has 2 rings (SSSR count). The highest BCUT2D eigenvalue weighted by atomic mass is 16.1. The minimum atomic E-state index is -0.0840. The van der Waals surface area contributed by atoms with E-state index in [0.717, 1.165) is 24.2 Å². The van der Waals surface area contributed by atoms with E-state index in [1.54, 1.807) is 18.5 Å². The number of anilines is 1. The van der Waals surface area contributed by atoms with E-state index < -0.39 is 0 Å². The van der Waals surface area contributed by atoms with Crippen molar-refractivity contribution in [1.29, 1.82) is 0 Å². The molecule has 1 heterocycles. The van der Waals surface area contributed by atoms with Crippen LogP contribution >= 0.6 is 0 Å². The molecule has 0 fully saturated rings. The smallest absolute Gasteiger partial charge is 0.253 e. The molecule has 0 atom stereocenters. The van der Waals surface area contributed by atoms with Crippen molar-refractivity contribution in [3.8, 4) is 0 Å². The van der Waals surface area contributed by atoms with E-state index in [4.69, 9.17) is 0 Å². The first-order valence-electron chi connectivity index (χ1n) is 7.29. The maximum atomic E-state index is 12.3. The molecular weight excluding hydrogens is 262 g/mol. The maximum Gasteiger partial charge on any atom is 0.253 e. The summed E-state index contributed by atoms with van der Waals surface area (Å²) in [6.07, 6.45) is 4.28. The molecule has 21 heavy (non-hydrogen) atoms. The van der Waals surface area contributed by atoms with Crippen LogP contribution in [0.3, 0.4) is 0 Å². The van der Waals surface area contributed by atoms with Gasteiger partial charge in [-0.15, -0.1) is 0 Å². The Morgan fingerprint density at radius 2 is 1.90 bits per heavy atom. The molecule has 0 saturated carbocycles. The lowest BCUT2D eigenvalue weighted by molar-refractivity contribution is 0.0951. The van der Waals surface area contributed by atoms with E-state index in [0.29, 0.717) is 12.1 Å². The van der Waals surface area contributed by atoms with Crippen LogP contribution in [-0.4, -0.2) is 17.4 Å². The molecule has 1 aromatic carbocycles. The lowest BCUT2D eigenvalue weighted by atomic mass is 10.1. The molecule has 4 nitrogen and oxygen atoms in total. The van der Waals surface area contributed by atoms with Crippen LogP contribution in [0.5, 0.6) is 0 Å². The van der Waals surface area contributed by atoms with Gasteiger partial charge in [-0.1, -0.05) is 31.2 Å². The molecule has 0 bridgehead atoms. The fourth-order valence-corrected chi connectivity index (χ4v) is 2.27. The zero-order valence-electron chi connectivity index (χ0n) is 12.5. The van der Waals surface area contributed by atoms with Gasteiger partial charge in [-0.25, -0.2) is 0 Å². The van der Waals surface area contributed by atoms with Crippen LogP contribution in [-0.2, 0) is 13.0 Å². The number of amides is 1. The Bertz CT molecular complexity index is 610. The second kappa shape index (κ2) is 7.43. The van der Waals surface area contributed by atoms with Crippen molar-refractivity contribution in [1.82, 2.24) is 10.3 Å². The predicted octanol–water partition coefficient (Wildman–Crippen LogP) is 3.01.